The van der Waals surface area contributed by atoms with Crippen LogP contribution in [0.3, 0.4) is 0 Å². The van der Waals surface area contributed by atoms with Crippen molar-refractivity contribution in [2.24, 2.45) is 0 Å². The maximum absolute atomic E-state index is 13.9. The Morgan fingerprint density at radius 1 is 1.10 bits per heavy atom. The van der Waals surface area contributed by atoms with Gasteiger partial charge in [-0.15, -0.1) is 0 Å². The molecule has 2 rings (SSSR count). The van der Waals surface area contributed by atoms with E-state index in [-0.39, 0.29) is 11.9 Å². The molecule has 3 heteroatoms. The monoisotopic (exact) mass is 287 g/mol. The van der Waals surface area contributed by atoms with E-state index in [2.05, 4.69) is 37.4 Å². The normalized spacial score (nSPS) is 12.2. The van der Waals surface area contributed by atoms with E-state index in [4.69, 9.17) is 4.74 Å². The fourth-order valence-electron chi connectivity index (χ4n) is 2.46. The SMILES string of the molecule is CNC(COc1cccc(C)c1F)c1cc(C)cc(C)c1. The molecule has 2 aromatic rings. The van der Waals surface area contributed by atoms with Crippen molar-refractivity contribution in [3.63, 3.8) is 0 Å². The second kappa shape index (κ2) is 6.72. The molecule has 0 bridgehead atoms. The molecule has 0 aromatic heterocycles. The van der Waals surface area contributed by atoms with E-state index in [0.29, 0.717) is 17.9 Å². The van der Waals surface area contributed by atoms with E-state index >= 15 is 0 Å². The average molecular weight is 287 g/mol. The Hall–Kier alpha value is -1.87. The molecular weight excluding hydrogens is 265 g/mol. The van der Waals surface area contributed by atoms with Crippen molar-refractivity contribution >= 4 is 0 Å². The topological polar surface area (TPSA) is 21.3 Å². The van der Waals surface area contributed by atoms with Gasteiger partial charge < -0.3 is 10.1 Å². The van der Waals surface area contributed by atoms with Crippen molar-refractivity contribution in [2.75, 3.05) is 13.7 Å². The second-order valence-electron chi connectivity index (χ2n) is 5.46. The smallest absolute Gasteiger partial charge is 0.167 e. The number of hydrogen-bond donors (Lipinski definition) is 1. The molecule has 0 heterocycles. The van der Waals surface area contributed by atoms with Crippen LogP contribution in [0.1, 0.15) is 28.3 Å². The molecule has 112 valence electrons. The molecule has 0 amide bonds. The van der Waals surface area contributed by atoms with Crippen LogP contribution in [0.15, 0.2) is 36.4 Å². The van der Waals surface area contributed by atoms with Gasteiger partial charge in [-0.2, -0.15) is 0 Å². The van der Waals surface area contributed by atoms with Crippen molar-refractivity contribution in [2.45, 2.75) is 26.8 Å². The zero-order valence-corrected chi connectivity index (χ0v) is 13.0. The van der Waals surface area contributed by atoms with E-state index in [1.807, 2.05) is 7.05 Å². The third-order valence-corrected chi connectivity index (χ3v) is 3.56. The molecule has 0 aliphatic carbocycles. The van der Waals surface area contributed by atoms with Gasteiger partial charge in [0.25, 0.3) is 0 Å². The minimum absolute atomic E-state index is 0.0310. The molecule has 0 aliphatic rings. The summed E-state index contributed by atoms with van der Waals surface area (Å²) in [5.41, 5.74) is 4.18. The summed E-state index contributed by atoms with van der Waals surface area (Å²) in [6.07, 6.45) is 0. The third kappa shape index (κ3) is 3.82. The van der Waals surface area contributed by atoms with Gasteiger partial charge in [-0.05, 0) is 45.0 Å². The summed E-state index contributed by atoms with van der Waals surface area (Å²) < 4.78 is 19.6. The van der Waals surface area contributed by atoms with Gasteiger partial charge in [0.2, 0.25) is 0 Å². The van der Waals surface area contributed by atoms with Crippen LogP contribution in [0.5, 0.6) is 5.75 Å². The minimum atomic E-state index is -0.284. The summed E-state index contributed by atoms with van der Waals surface area (Å²) in [5.74, 6) is 0.0207. The predicted octanol–water partition coefficient (Wildman–Crippen LogP) is 4.09. The number of benzene rings is 2. The Labute approximate surface area is 126 Å². The van der Waals surface area contributed by atoms with E-state index < -0.39 is 0 Å². The summed E-state index contributed by atoms with van der Waals surface area (Å²) in [6.45, 7) is 6.27. The summed E-state index contributed by atoms with van der Waals surface area (Å²) in [4.78, 5) is 0. The van der Waals surface area contributed by atoms with Crippen molar-refractivity contribution in [3.05, 3.63) is 64.5 Å². The van der Waals surface area contributed by atoms with Crippen LogP contribution in [0, 0.1) is 26.6 Å². The fourth-order valence-corrected chi connectivity index (χ4v) is 2.46. The lowest BCUT2D eigenvalue weighted by atomic mass is 10.0. The fraction of sp³-hybridized carbons (Fsp3) is 0.333. The Kier molecular flexibility index (Phi) is 4.97. The molecule has 0 radical (unpaired) electrons. The summed E-state index contributed by atoms with van der Waals surface area (Å²) in [5, 5.41) is 3.23. The van der Waals surface area contributed by atoms with Gasteiger partial charge in [0.05, 0.1) is 6.04 Å². The van der Waals surface area contributed by atoms with Crippen molar-refractivity contribution < 1.29 is 9.13 Å². The van der Waals surface area contributed by atoms with Crippen LogP contribution in [0.25, 0.3) is 0 Å². The molecule has 0 fully saturated rings. The first kappa shape index (κ1) is 15.5. The van der Waals surface area contributed by atoms with Crippen molar-refractivity contribution in [1.29, 1.82) is 0 Å². The molecule has 2 aromatic carbocycles. The number of hydrogen-bond acceptors (Lipinski definition) is 2. The molecule has 0 aliphatic heterocycles. The van der Waals surface area contributed by atoms with E-state index in [9.17, 15) is 4.39 Å². The van der Waals surface area contributed by atoms with Gasteiger partial charge in [-0.3, -0.25) is 0 Å². The van der Waals surface area contributed by atoms with Crippen molar-refractivity contribution in [1.82, 2.24) is 5.32 Å². The maximum atomic E-state index is 13.9. The number of halogens is 1. The molecule has 0 saturated carbocycles. The lowest BCUT2D eigenvalue weighted by molar-refractivity contribution is 0.261. The zero-order chi connectivity index (χ0) is 15.4. The summed E-state index contributed by atoms with van der Waals surface area (Å²) in [6, 6.07) is 11.6. The van der Waals surface area contributed by atoms with Gasteiger partial charge in [0.1, 0.15) is 6.61 Å². The highest BCUT2D eigenvalue weighted by Gasteiger charge is 2.13. The van der Waals surface area contributed by atoms with Crippen LogP contribution in [-0.2, 0) is 0 Å². The van der Waals surface area contributed by atoms with Gasteiger partial charge >= 0.3 is 0 Å². The largest absolute Gasteiger partial charge is 0.489 e. The molecule has 2 nitrogen and oxygen atoms in total. The first-order valence-corrected chi connectivity index (χ1v) is 7.14. The van der Waals surface area contributed by atoms with Gasteiger partial charge in [0.15, 0.2) is 11.6 Å². The lowest BCUT2D eigenvalue weighted by Gasteiger charge is -2.19. The van der Waals surface area contributed by atoms with Crippen LogP contribution >= 0.6 is 0 Å². The Morgan fingerprint density at radius 3 is 2.38 bits per heavy atom. The van der Waals surface area contributed by atoms with Gasteiger partial charge in [-0.1, -0.05) is 41.5 Å². The number of rotatable bonds is 5. The van der Waals surface area contributed by atoms with Gasteiger partial charge in [0, 0.05) is 0 Å². The van der Waals surface area contributed by atoms with E-state index in [1.165, 1.54) is 11.1 Å². The molecule has 0 spiro atoms. The average Bonchev–Trinajstić information content (AvgIpc) is 2.43. The van der Waals surface area contributed by atoms with Crippen LogP contribution in [0.2, 0.25) is 0 Å². The Morgan fingerprint density at radius 2 is 1.76 bits per heavy atom. The molecule has 1 atom stereocenters. The van der Waals surface area contributed by atoms with Crippen LogP contribution in [0.4, 0.5) is 4.39 Å². The highest BCUT2D eigenvalue weighted by atomic mass is 19.1. The predicted molar refractivity (Wildman–Crippen MR) is 84.3 cm³/mol. The number of likely N-dealkylation sites (N-methyl/N-ethyl adjacent to an activating group) is 1. The molecule has 0 saturated heterocycles. The highest BCUT2D eigenvalue weighted by Crippen LogP contribution is 2.22. The van der Waals surface area contributed by atoms with Crippen LogP contribution < -0.4 is 10.1 Å². The Balaban J connectivity index is 2.14. The number of ether oxygens (including phenoxy) is 1. The summed E-state index contributed by atoms with van der Waals surface area (Å²) >= 11 is 0. The van der Waals surface area contributed by atoms with E-state index in [1.54, 1.807) is 25.1 Å². The molecule has 1 N–H and O–H groups in total. The lowest BCUT2D eigenvalue weighted by Crippen LogP contribution is -2.23. The zero-order valence-electron chi connectivity index (χ0n) is 13.0. The number of aryl methyl sites for hydroxylation is 3. The molecule has 1 unspecified atom stereocenters. The van der Waals surface area contributed by atoms with Crippen molar-refractivity contribution in [3.8, 4) is 5.75 Å². The van der Waals surface area contributed by atoms with Crippen LogP contribution in [-0.4, -0.2) is 13.7 Å². The molecule has 21 heavy (non-hydrogen) atoms. The van der Waals surface area contributed by atoms with E-state index in [0.717, 1.165) is 5.56 Å². The Bertz CT molecular complexity index is 604. The number of nitrogens with one attached hydrogen (secondary N) is 1. The maximum Gasteiger partial charge on any atom is 0.167 e. The quantitative estimate of drug-likeness (QED) is 0.894. The van der Waals surface area contributed by atoms with Gasteiger partial charge in [-0.25, -0.2) is 4.39 Å². The first-order valence-electron chi connectivity index (χ1n) is 7.14. The first-order chi connectivity index (χ1) is 10.0. The summed E-state index contributed by atoms with van der Waals surface area (Å²) in [7, 11) is 1.89. The highest BCUT2D eigenvalue weighted by molar-refractivity contribution is 5.32. The standard InChI is InChI=1S/C18H22FNO/c1-12-8-13(2)10-15(9-12)16(20-4)11-21-17-7-5-6-14(3)18(17)19/h5-10,16,20H,11H2,1-4H3. The second-order valence-corrected chi connectivity index (χ2v) is 5.46. The minimum Gasteiger partial charge on any atom is -0.489 e. The molecular formula is C18H22FNO. The third-order valence-electron chi connectivity index (χ3n) is 3.56.